The monoisotopic (exact) mass is 1010 g/mol. The van der Waals surface area contributed by atoms with Crippen LogP contribution in [0, 0.1) is 17.8 Å². The predicted octanol–water partition coefficient (Wildman–Crippen LogP) is 4.21. The van der Waals surface area contributed by atoms with E-state index < -0.39 is 77.8 Å². The van der Waals surface area contributed by atoms with Crippen LogP contribution in [-0.2, 0) is 33.6 Å². The van der Waals surface area contributed by atoms with Crippen LogP contribution in [0.3, 0.4) is 0 Å². The minimum atomic E-state index is -1.47. The van der Waals surface area contributed by atoms with Gasteiger partial charge in [0.05, 0.1) is 6.10 Å². The maximum Gasteiger partial charge on any atom is 0.245 e. The van der Waals surface area contributed by atoms with Gasteiger partial charge in [-0.2, -0.15) is 0 Å². The summed E-state index contributed by atoms with van der Waals surface area (Å²) in [6.07, 6.45) is 17.2. The van der Waals surface area contributed by atoms with Crippen LogP contribution in [0.15, 0.2) is 4.99 Å². The average molecular weight is 1010 g/mol. The molecule has 0 saturated heterocycles. The maximum atomic E-state index is 14.0. The average Bonchev–Trinajstić information content (AvgIpc) is 3.28. The number of unbranched alkanes of at least 4 members (excludes halogenated alkanes) is 13. The molecule has 0 bridgehead atoms. The van der Waals surface area contributed by atoms with Crippen LogP contribution in [0.4, 0.5) is 0 Å². The highest BCUT2D eigenvalue weighted by Crippen LogP contribution is 2.15. The van der Waals surface area contributed by atoms with E-state index in [1.807, 2.05) is 34.6 Å². The summed E-state index contributed by atoms with van der Waals surface area (Å²) >= 11 is 0. The van der Waals surface area contributed by atoms with Crippen LogP contribution < -0.4 is 54.4 Å². The van der Waals surface area contributed by atoms with E-state index in [0.717, 1.165) is 25.7 Å². The Kier molecular flexibility index (Phi) is 36.6. The zero-order valence-corrected chi connectivity index (χ0v) is 45.6. The van der Waals surface area contributed by atoms with Crippen molar-refractivity contribution >= 4 is 47.3 Å². The molecule has 0 aromatic carbocycles. The quantitative estimate of drug-likeness (QED) is 0.0234. The predicted molar refractivity (Wildman–Crippen MR) is 283 cm³/mol. The Bertz CT molecular complexity index is 1570. The first-order valence-corrected chi connectivity index (χ1v) is 27.1. The number of hydrogen-bond acceptors (Lipinski definition) is 10. The van der Waals surface area contributed by atoms with E-state index >= 15 is 0 Å². The summed E-state index contributed by atoms with van der Waals surface area (Å²) in [5, 5.41) is 29.8. The van der Waals surface area contributed by atoms with Crippen LogP contribution in [-0.4, -0.2) is 114 Å². The number of aliphatic hydroxyl groups excluding tert-OH is 1. The summed E-state index contributed by atoms with van der Waals surface area (Å²) in [5.41, 5.74) is 16.7. The third-order valence-corrected chi connectivity index (χ3v) is 12.3. The zero-order chi connectivity index (χ0) is 53.9. The molecule has 0 aliphatic carbocycles. The molecule has 0 aliphatic rings. The molecule has 0 aromatic rings. The third kappa shape index (κ3) is 32.2. The summed E-state index contributed by atoms with van der Waals surface area (Å²) in [6, 6.07) is -7.01. The lowest BCUT2D eigenvalue weighted by Gasteiger charge is -2.29. The highest BCUT2D eigenvalue weighted by atomic mass is 16.3. The van der Waals surface area contributed by atoms with E-state index in [1.54, 1.807) is 13.8 Å². The summed E-state index contributed by atoms with van der Waals surface area (Å²) in [6.45, 7) is 18.8. The van der Waals surface area contributed by atoms with Gasteiger partial charge in [0.2, 0.25) is 41.4 Å². The SMILES string of the molecule is CCCCCCCCCCCCCCCC(=O)N[C@@H](CCCN=C(N)N)C(=O)N[C@H](C(=O)N[C@@H](CC(C)C)C(=O)N[C@@H](C)C(=O)N[C@H](C(=O)N[C@@H](CCCCN)C(=O)N[C@H](C)CC(C)C)[C@@H](C)O)C(C)C. The second kappa shape index (κ2) is 39.1. The van der Waals surface area contributed by atoms with Crippen molar-refractivity contribution in [2.75, 3.05) is 13.1 Å². The molecule has 8 atom stereocenters. The lowest BCUT2D eigenvalue weighted by Crippen LogP contribution is -2.61. The van der Waals surface area contributed by atoms with Crippen molar-refractivity contribution in [3.05, 3.63) is 0 Å². The normalized spacial score (nSPS) is 14.8. The minimum absolute atomic E-state index is 0.0892. The van der Waals surface area contributed by atoms with Crippen LogP contribution in [0.1, 0.15) is 204 Å². The van der Waals surface area contributed by atoms with Crippen LogP contribution in [0.5, 0.6) is 0 Å². The van der Waals surface area contributed by atoms with E-state index in [4.69, 9.17) is 17.2 Å². The number of nitrogens with zero attached hydrogens (tertiary/aromatic N) is 1. The number of aliphatic hydroxyl groups is 1. The zero-order valence-electron chi connectivity index (χ0n) is 45.6. The number of carbonyl (C=O) groups excluding carboxylic acids is 7. The van der Waals surface area contributed by atoms with Crippen LogP contribution in [0.2, 0.25) is 0 Å². The summed E-state index contributed by atoms with van der Waals surface area (Å²) in [5.74, 6) is -4.43. The lowest BCUT2D eigenvalue weighted by atomic mass is 9.99. The van der Waals surface area contributed by atoms with Gasteiger partial charge in [-0.1, -0.05) is 126 Å². The fourth-order valence-corrected chi connectivity index (χ4v) is 8.29. The van der Waals surface area contributed by atoms with Gasteiger partial charge >= 0.3 is 0 Å². The van der Waals surface area contributed by atoms with Crippen LogP contribution >= 0.6 is 0 Å². The molecule has 19 nitrogen and oxygen atoms in total. The van der Waals surface area contributed by atoms with Crippen molar-refractivity contribution in [3.8, 4) is 0 Å². The van der Waals surface area contributed by atoms with Gasteiger partial charge in [0.25, 0.3) is 0 Å². The van der Waals surface area contributed by atoms with Gasteiger partial charge in [0.1, 0.15) is 36.3 Å². The molecule has 0 rings (SSSR count). The number of nitrogens with two attached hydrogens (primary N) is 3. The summed E-state index contributed by atoms with van der Waals surface area (Å²) in [7, 11) is 0. The first kappa shape index (κ1) is 66.5. The Morgan fingerprint density at radius 3 is 1.45 bits per heavy atom. The minimum Gasteiger partial charge on any atom is -0.391 e. The number of rotatable bonds is 41. The van der Waals surface area contributed by atoms with Crippen molar-refractivity contribution in [3.63, 3.8) is 0 Å². The van der Waals surface area contributed by atoms with Gasteiger partial charge in [0.15, 0.2) is 5.96 Å². The fraction of sp³-hybridized carbons (Fsp3) is 0.846. The number of guanidine groups is 1. The first-order chi connectivity index (χ1) is 33.5. The topological polar surface area (TPSA) is 314 Å². The molecule has 0 saturated carbocycles. The second-order valence-electron chi connectivity index (χ2n) is 20.8. The number of hydrogen-bond donors (Lipinski definition) is 11. The Morgan fingerprint density at radius 1 is 0.479 bits per heavy atom. The Hall–Kier alpha value is -4.52. The molecule has 7 amide bonds. The molecule has 412 valence electrons. The van der Waals surface area contributed by atoms with Gasteiger partial charge in [-0.05, 0) is 96.4 Å². The fourth-order valence-electron chi connectivity index (χ4n) is 8.29. The van der Waals surface area contributed by atoms with Gasteiger partial charge in [-0.25, -0.2) is 0 Å². The molecule has 0 aliphatic heterocycles. The number of nitrogens with one attached hydrogen (secondary N) is 7. The van der Waals surface area contributed by atoms with Crippen LogP contribution in [0.25, 0.3) is 0 Å². The van der Waals surface area contributed by atoms with Gasteiger partial charge in [-0.3, -0.25) is 38.6 Å². The lowest BCUT2D eigenvalue weighted by molar-refractivity contribution is -0.137. The Labute approximate surface area is 427 Å². The molecule has 0 unspecified atom stereocenters. The van der Waals surface area contributed by atoms with Crippen molar-refractivity contribution in [1.82, 2.24) is 37.2 Å². The Morgan fingerprint density at radius 2 is 0.944 bits per heavy atom. The van der Waals surface area contributed by atoms with Gasteiger partial charge in [0, 0.05) is 19.0 Å². The number of carbonyl (C=O) groups is 7. The van der Waals surface area contributed by atoms with Crippen molar-refractivity contribution in [2.24, 2.45) is 39.9 Å². The summed E-state index contributed by atoms with van der Waals surface area (Å²) in [4.78, 5) is 99.1. The van der Waals surface area contributed by atoms with Gasteiger partial charge in [-0.15, -0.1) is 0 Å². The molecular weight excluding hydrogens is 907 g/mol. The van der Waals surface area contributed by atoms with E-state index in [0.29, 0.717) is 38.1 Å². The molecule has 0 radical (unpaired) electrons. The molecule has 0 heterocycles. The number of amides is 7. The largest absolute Gasteiger partial charge is 0.391 e. The van der Waals surface area contributed by atoms with E-state index in [-0.39, 0.29) is 62.0 Å². The highest BCUT2D eigenvalue weighted by molar-refractivity contribution is 5.97. The Balaban J connectivity index is 5.77. The molecule has 0 spiro atoms. The second-order valence-corrected chi connectivity index (χ2v) is 20.8. The highest BCUT2D eigenvalue weighted by Gasteiger charge is 2.35. The number of aliphatic imine (C=N–C) groups is 1. The summed E-state index contributed by atoms with van der Waals surface area (Å²) < 4.78 is 0. The van der Waals surface area contributed by atoms with Crippen molar-refractivity contribution in [2.45, 2.75) is 252 Å². The van der Waals surface area contributed by atoms with E-state index in [2.05, 4.69) is 49.1 Å². The molecule has 71 heavy (non-hydrogen) atoms. The van der Waals surface area contributed by atoms with Crippen molar-refractivity contribution < 1.29 is 38.7 Å². The molecule has 0 aromatic heterocycles. The van der Waals surface area contributed by atoms with E-state index in [9.17, 15) is 38.7 Å². The molecule has 14 N–H and O–H groups in total. The standard InChI is InChI=1S/C52H101N11O8/c1-11-12-13-14-15-16-17-18-19-20-21-22-23-29-43(65)59-40(28-26-31-56-52(54)55)48(68)62-44(36(6)7)50(70)61-42(33-35(4)5)49(69)58-38(9)46(66)63-45(39(10)64)51(71)60-41(27-24-25-30-53)47(67)57-37(8)32-34(2)3/h34-42,44-45,64H,11-33,53H2,1-10H3,(H,57,67)(H,58,69)(H,59,65)(H,60,71)(H,61,70)(H,62,68)(H,63,66)(H4,54,55,56)/t37-,38+,39-,40+,41+,42+,44+,45+/m1/s1. The maximum absolute atomic E-state index is 14.0. The molecule has 19 heteroatoms. The molecule has 0 fully saturated rings. The van der Waals surface area contributed by atoms with Gasteiger partial charge < -0.3 is 59.5 Å². The smallest absolute Gasteiger partial charge is 0.245 e. The third-order valence-electron chi connectivity index (χ3n) is 12.3. The molecular formula is C52H101N11O8. The van der Waals surface area contributed by atoms with E-state index in [1.165, 1.54) is 71.6 Å². The van der Waals surface area contributed by atoms with Crippen molar-refractivity contribution in [1.29, 1.82) is 0 Å². The first-order valence-electron chi connectivity index (χ1n) is 27.1.